The summed E-state index contributed by atoms with van der Waals surface area (Å²) in [7, 11) is 0. The molecule has 128 valence electrons. The molecule has 0 radical (unpaired) electrons. The number of carbonyl (C=O) groups excluding carboxylic acids is 2. The lowest BCUT2D eigenvalue weighted by Gasteiger charge is -2.24. The van der Waals surface area contributed by atoms with E-state index in [4.69, 9.17) is 16.2 Å². The summed E-state index contributed by atoms with van der Waals surface area (Å²) >= 11 is 1.57. The minimum Gasteiger partial charge on any atom is -0.390 e. The number of nitrogens with two attached hydrogens (primary N) is 2. The molecule has 2 rings (SSSR count). The molecule has 2 aromatic rings. The van der Waals surface area contributed by atoms with Gasteiger partial charge in [0.05, 0.1) is 0 Å². The number of carbonyl (C=O) groups is 2. The maximum atomic E-state index is 12.5. The molecular formula is C18H22N2O3S. The smallest absolute Gasteiger partial charge is 0.338 e. The zero-order valence-corrected chi connectivity index (χ0v) is 14.6. The van der Waals surface area contributed by atoms with E-state index in [-0.39, 0.29) is 0 Å². The second-order valence-electron chi connectivity index (χ2n) is 5.83. The molecule has 0 aromatic heterocycles. The van der Waals surface area contributed by atoms with Crippen molar-refractivity contribution in [1.29, 1.82) is 0 Å². The van der Waals surface area contributed by atoms with E-state index in [9.17, 15) is 9.59 Å². The SMILES string of the molecule is CSCC[C@H](N)C(=O)OC(=O)[C@](C)(N)c1cccc2ccccc12. The second kappa shape index (κ2) is 7.79. The first-order chi connectivity index (χ1) is 11.4. The van der Waals surface area contributed by atoms with Gasteiger partial charge in [0.2, 0.25) is 0 Å². The molecule has 0 heterocycles. The van der Waals surface area contributed by atoms with Crippen molar-refractivity contribution in [2.24, 2.45) is 11.5 Å². The van der Waals surface area contributed by atoms with Crippen molar-refractivity contribution in [2.45, 2.75) is 24.9 Å². The van der Waals surface area contributed by atoms with Crippen molar-refractivity contribution in [1.82, 2.24) is 0 Å². The molecule has 0 aliphatic heterocycles. The zero-order valence-electron chi connectivity index (χ0n) is 13.8. The highest BCUT2D eigenvalue weighted by Crippen LogP contribution is 2.28. The summed E-state index contributed by atoms with van der Waals surface area (Å²) < 4.78 is 4.94. The van der Waals surface area contributed by atoms with E-state index in [2.05, 4.69) is 0 Å². The summed E-state index contributed by atoms with van der Waals surface area (Å²) in [5, 5.41) is 1.81. The Morgan fingerprint density at radius 3 is 2.58 bits per heavy atom. The van der Waals surface area contributed by atoms with Crippen LogP contribution in [0.15, 0.2) is 42.5 Å². The van der Waals surface area contributed by atoms with E-state index < -0.39 is 23.5 Å². The lowest BCUT2D eigenvalue weighted by atomic mass is 9.89. The van der Waals surface area contributed by atoms with E-state index >= 15 is 0 Å². The Kier molecular flexibility index (Phi) is 5.99. The molecule has 2 aromatic carbocycles. The van der Waals surface area contributed by atoms with Gasteiger partial charge in [-0.1, -0.05) is 42.5 Å². The Hall–Kier alpha value is -1.89. The number of esters is 2. The lowest BCUT2D eigenvalue weighted by molar-refractivity contribution is -0.164. The first-order valence-corrected chi connectivity index (χ1v) is 9.05. The maximum Gasteiger partial charge on any atom is 0.338 e. The molecule has 0 fully saturated rings. The molecule has 0 spiro atoms. The quantitative estimate of drug-likeness (QED) is 0.615. The van der Waals surface area contributed by atoms with Gasteiger partial charge in [-0.25, -0.2) is 9.59 Å². The van der Waals surface area contributed by atoms with Gasteiger partial charge in [-0.3, -0.25) is 0 Å². The Morgan fingerprint density at radius 1 is 1.21 bits per heavy atom. The first kappa shape index (κ1) is 18.4. The number of benzene rings is 2. The molecule has 5 nitrogen and oxygen atoms in total. The molecule has 6 heteroatoms. The maximum absolute atomic E-state index is 12.5. The minimum atomic E-state index is -1.45. The number of hydrogen-bond donors (Lipinski definition) is 2. The van der Waals surface area contributed by atoms with Crippen molar-refractivity contribution in [2.75, 3.05) is 12.0 Å². The van der Waals surface area contributed by atoms with Gasteiger partial charge in [-0.15, -0.1) is 0 Å². The van der Waals surface area contributed by atoms with Crippen molar-refractivity contribution in [3.8, 4) is 0 Å². The van der Waals surface area contributed by atoms with Crippen LogP contribution in [0, 0.1) is 0 Å². The summed E-state index contributed by atoms with van der Waals surface area (Å²) in [4.78, 5) is 24.4. The number of fused-ring (bicyclic) bond motifs is 1. The molecule has 0 saturated heterocycles. The Bertz CT molecular complexity index is 741. The van der Waals surface area contributed by atoms with E-state index in [1.54, 1.807) is 17.8 Å². The Morgan fingerprint density at radius 2 is 1.88 bits per heavy atom. The number of rotatable bonds is 6. The van der Waals surface area contributed by atoms with Crippen LogP contribution in [0.4, 0.5) is 0 Å². The van der Waals surface area contributed by atoms with Crippen molar-refractivity contribution >= 4 is 34.5 Å². The van der Waals surface area contributed by atoms with Gasteiger partial charge >= 0.3 is 11.9 Å². The second-order valence-corrected chi connectivity index (χ2v) is 6.81. The first-order valence-electron chi connectivity index (χ1n) is 7.65. The molecular weight excluding hydrogens is 324 g/mol. The molecule has 0 aliphatic rings. The summed E-state index contributed by atoms with van der Waals surface area (Å²) in [6, 6.07) is 12.3. The van der Waals surface area contributed by atoms with Crippen molar-refractivity contribution in [3.05, 3.63) is 48.0 Å². The zero-order chi connectivity index (χ0) is 17.7. The fraction of sp³-hybridized carbons (Fsp3) is 0.333. The van der Waals surface area contributed by atoms with Crippen LogP contribution in [0.1, 0.15) is 18.9 Å². The molecule has 0 saturated carbocycles. The predicted octanol–water partition coefficient (Wildman–Crippen LogP) is 2.16. The molecule has 24 heavy (non-hydrogen) atoms. The monoisotopic (exact) mass is 346 g/mol. The average Bonchev–Trinajstić information content (AvgIpc) is 2.58. The molecule has 2 atom stereocenters. The number of hydrogen-bond acceptors (Lipinski definition) is 6. The third kappa shape index (κ3) is 3.95. The van der Waals surface area contributed by atoms with Crippen molar-refractivity contribution in [3.63, 3.8) is 0 Å². The fourth-order valence-corrected chi connectivity index (χ4v) is 2.91. The van der Waals surface area contributed by atoms with E-state index in [0.29, 0.717) is 17.7 Å². The van der Waals surface area contributed by atoms with Gasteiger partial charge in [-0.2, -0.15) is 11.8 Å². The van der Waals surface area contributed by atoms with Gasteiger partial charge in [0.1, 0.15) is 11.6 Å². The van der Waals surface area contributed by atoms with Gasteiger partial charge in [0, 0.05) is 0 Å². The summed E-state index contributed by atoms with van der Waals surface area (Å²) in [6.07, 6.45) is 2.36. The van der Waals surface area contributed by atoms with Gasteiger partial charge in [0.15, 0.2) is 0 Å². The van der Waals surface area contributed by atoms with Crippen molar-refractivity contribution < 1.29 is 14.3 Å². The van der Waals surface area contributed by atoms with Gasteiger partial charge in [0.25, 0.3) is 0 Å². The van der Waals surface area contributed by atoms with Crippen LogP contribution < -0.4 is 11.5 Å². The minimum absolute atomic E-state index is 0.447. The highest BCUT2D eigenvalue weighted by atomic mass is 32.2. The largest absolute Gasteiger partial charge is 0.390 e. The molecule has 0 unspecified atom stereocenters. The van der Waals surface area contributed by atoms with E-state index in [0.717, 1.165) is 10.8 Å². The predicted molar refractivity (Wildman–Crippen MR) is 97.6 cm³/mol. The molecule has 0 amide bonds. The third-order valence-electron chi connectivity index (χ3n) is 3.90. The van der Waals surface area contributed by atoms with Crippen LogP contribution in [0.3, 0.4) is 0 Å². The van der Waals surface area contributed by atoms with Crippen LogP contribution in [0.25, 0.3) is 10.8 Å². The topological polar surface area (TPSA) is 95.4 Å². The van der Waals surface area contributed by atoms with Crippen LogP contribution in [0.5, 0.6) is 0 Å². The van der Waals surface area contributed by atoms with Crippen LogP contribution in [0.2, 0.25) is 0 Å². The van der Waals surface area contributed by atoms with Gasteiger partial charge in [-0.05, 0) is 41.7 Å². The normalized spacial score (nSPS) is 14.8. The van der Waals surface area contributed by atoms with Crippen LogP contribution in [-0.2, 0) is 19.9 Å². The Labute approximate surface area is 145 Å². The van der Waals surface area contributed by atoms with E-state index in [1.165, 1.54) is 6.92 Å². The average molecular weight is 346 g/mol. The van der Waals surface area contributed by atoms with Crippen LogP contribution >= 0.6 is 11.8 Å². The van der Waals surface area contributed by atoms with Crippen LogP contribution in [-0.4, -0.2) is 30.0 Å². The summed E-state index contributed by atoms with van der Waals surface area (Å²) in [5.74, 6) is -0.831. The Balaban J connectivity index is 2.22. The van der Waals surface area contributed by atoms with Gasteiger partial charge < -0.3 is 16.2 Å². The standard InChI is InChI=1S/C18H22N2O3S/c1-18(20,17(22)23-16(21)15(19)10-11-24-2)14-9-5-7-12-6-3-4-8-13(12)14/h3-9,15H,10-11,19-20H2,1-2H3/t15-,18+/m0/s1. The van der Waals surface area contributed by atoms with E-state index in [1.807, 2.05) is 42.7 Å². The highest BCUT2D eigenvalue weighted by Gasteiger charge is 2.36. The summed E-state index contributed by atoms with van der Waals surface area (Å²) in [6.45, 7) is 1.54. The number of thioether (sulfide) groups is 1. The summed E-state index contributed by atoms with van der Waals surface area (Å²) in [5.41, 5.74) is 11.1. The lowest BCUT2D eigenvalue weighted by Crippen LogP contribution is -2.46. The number of ether oxygens (including phenoxy) is 1. The molecule has 4 N–H and O–H groups in total. The molecule has 0 aliphatic carbocycles. The third-order valence-corrected chi connectivity index (χ3v) is 4.55. The fourth-order valence-electron chi connectivity index (χ4n) is 2.42. The molecule has 0 bridgehead atoms. The highest BCUT2D eigenvalue weighted by molar-refractivity contribution is 7.98.